The van der Waals surface area contributed by atoms with Gasteiger partial charge in [0, 0.05) is 23.7 Å². The van der Waals surface area contributed by atoms with Gasteiger partial charge in [0.05, 0.1) is 0 Å². The summed E-state index contributed by atoms with van der Waals surface area (Å²) in [5.41, 5.74) is 2.46. The molecule has 0 saturated carbocycles. The Balaban J connectivity index is 2.45. The van der Waals surface area contributed by atoms with Gasteiger partial charge >= 0.3 is 0 Å². The molecule has 0 unspecified atom stereocenters. The van der Waals surface area contributed by atoms with E-state index in [1.165, 1.54) is 29.3 Å². The smallest absolute Gasteiger partial charge is 0.120 e. The van der Waals surface area contributed by atoms with Gasteiger partial charge in [0.25, 0.3) is 0 Å². The summed E-state index contributed by atoms with van der Waals surface area (Å²) in [7, 11) is 0. The van der Waals surface area contributed by atoms with Crippen LogP contribution in [0.4, 0.5) is 0 Å². The molecule has 19 heavy (non-hydrogen) atoms. The van der Waals surface area contributed by atoms with Gasteiger partial charge in [-0.05, 0) is 64.8 Å². The second kappa shape index (κ2) is 4.94. The molecular weight excluding hydrogens is 367 g/mol. The van der Waals surface area contributed by atoms with Crippen LogP contribution in [-0.4, -0.2) is 5.11 Å². The molecule has 0 atom stereocenters. The number of halogens is 1. The first-order valence-corrected chi connectivity index (χ1v) is 8.40. The normalized spacial score (nSPS) is 11.5. The second-order valence-corrected chi connectivity index (χ2v) is 6.90. The van der Waals surface area contributed by atoms with Gasteiger partial charge in [0.2, 0.25) is 0 Å². The quantitative estimate of drug-likeness (QED) is 0.581. The van der Waals surface area contributed by atoms with E-state index in [0.717, 1.165) is 18.4 Å². The van der Waals surface area contributed by atoms with Crippen molar-refractivity contribution in [2.45, 2.75) is 26.7 Å². The number of rotatable bonds is 2. The van der Waals surface area contributed by atoms with Gasteiger partial charge in [-0.25, -0.2) is 0 Å². The van der Waals surface area contributed by atoms with Crippen molar-refractivity contribution in [2.75, 3.05) is 0 Å². The van der Waals surface area contributed by atoms with E-state index in [2.05, 4.69) is 54.6 Å². The second-order valence-electron chi connectivity index (χ2n) is 4.69. The first-order valence-electron chi connectivity index (χ1n) is 6.51. The number of phenols is 1. The van der Waals surface area contributed by atoms with E-state index < -0.39 is 0 Å². The number of fused-ring (bicyclic) bond motifs is 3. The molecule has 0 saturated heterocycles. The molecule has 0 bridgehead atoms. The van der Waals surface area contributed by atoms with E-state index in [4.69, 9.17) is 0 Å². The van der Waals surface area contributed by atoms with Crippen molar-refractivity contribution in [3.05, 3.63) is 39.0 Å². The topological polar surface area (TPSA) is 20.2 Å². The minimum Gasteiger partial charge on any atom is -0.508 e. The lowest BCUT2D eigenvalue weighted by Gasteiger charge is -2.03. The molecule has 0 radical (unpaired) electrons. The average molecular weight is 382 g/mol. The van der Waals surface area contributed by atoms with Crippen molar-refractivity contribution in [2.24, 2.45) is 0 Å². The van der Waals surface area contributed by atoms with Crippen molar-refractivity contribution in [3.63, 3.8) is 0 Å². The van der Waals surface area contributed by atoms with Crippen molar-refractivity contribution >= 4 is 54.1 Å². The maximum atomic E-state index is 10.0. The van der Waals surface area contributed by atoms with Crippen LogP contribution in [-0.2, 0) is 12.8 Å². The highest BCUT2D eigenvalue weighted by Crippen LogP contribution is 2.40. The van der Waals surface area contributed by atoms with Crippen LogP contribution in [0.15, 0.2) is 24.3 Å². The molecule has 0 aliphatic carbocycles. The first-order chi connectivity index (χ1) is 9.15. The number of thiophene rings is 1. The van der Waals surface area contributed by atoms with Gasteiger partial charge in [-0.3, -0.25) is 0 Å². The van der Waals surface area contributed by atoms with Crippen molar-refractivity contribution in [3.8, 4) is 5.75 Å². The Morgan fingerprint density at radius 3 is 2.58 bits per heavy atom. The van der Waals surface area contributed by atoms with Crippen molar-refractivity contribution in [1.82, 2.24) is 0 Å². The Kier molecular flexibility index (Phi) is 3.43. The number of hydrogen-bond donors (Lipinski definition) is 1. The maximum Gasteiger partial charge on any atom is 0.120 e. The Hall–Kier alpha value is -0.810. The van der Waals surface area contributed by atoms with E-state index in [0.29, 0.717) is 5.75 Å². The molecule has 0 aliphatic heterocycles. The molecule has 98 valence electrons. The van der Waals surface area contributed by atoms with Gasteiger partial charge in [-0.1, -0.05) is 19.9 Å². The lowest BCUT2D eigenvalue weighted by Crippen LogP contribution is -1.85. The summed E-state index contributed by atoms with van der Waals surface area (Å²) in [6.07, 6.45) is 1.92. The molecule has 1 nitrogen and oxygen atoms in total. The molecule has 0 fully saturated rings. The number of hydrogen-bond acceptors (Lipinski definition) is 2. The number of aromatic hydroxyl groups is 1. The van der Waals surface area contributed by atoms with Gasteiger partial charge in [-0.2, -0.15) is 0 Å². The molecule has 3 heteroatoms. The van der Waals surface area contributed by atoms with Crippen LogP contribution in [0, 0.1) is 3.57 Å². The number of aryl methyl sites for hydroxylation is 2. The van der Waals surface area contributed by atoms with Crippen LogP contribution < -0.4 is 0 Å². The molecule has 0 amide bonds. The third kappa shape index (κ3) is 2.03. The average Bonchev–Trinajstić information content (AvgIpc) is 2.74. The van der Waals surface area contributed by atoms with Gasteiger partial charge in [0.1, 0.15) is 5.75 Å². The van der Waals surface area contributed by atoms with E-state index in [-0.39, 0.29) is 0 Å². The summed E-state index contributed by atoms with van der Waals surface area (Å²) in [6.45, 7) is 4.28. The summed E-state index contributed by atoms with van der Waals surface area (Å²) in [5, 5.41) is 12.6. The number of phenolic OH excluding ortho intramolecular Hbond substituents is 1. The summed E-state index contributed by atoms with van der Waals surface area (Å²) in [4.78, 5) is 0. The van der Waals surface area contributed by atoms with Crippen LogP contribution in [0.25, 0.3) is 20.2 Å². The predicted molar refractivity (Wildman–Crippen MR) is 92.5 cm³/mol. The summed E-state index contributed by atoms with van der Waals surface area (Å²) >= 11 is 4.21. The molecule has 1 aromatic heterocycles. The maximum absolute atomic E-state index is 10.0. The zero-order chi connectivity index (χ0) is 13.6. The molecular formula is C16H15IOS. The van der Waals surface area contributed by atoms with Crippen LogP contribution >= 0.6 is 33.9 Å². The van der Waals surface area contributed by atoms with Crippen LogP contribution in [0.5, 0.6) is 5.75 Å². The van der Waals surface area contributed by atoms with Crippen molar-refractivity contribution < 1.29 is 5.11 Å². The summed E-state index contributed by atoms with van der Waals surface area (Å²) < 4.78 is 3.89. The van der Waals surface area contributed by atoms with E-state index in [1.807, 2.05) is 6.07 Å². The molecule has 0 aliphatic rings. The van der Waals surface area contributed by atoms with Crippen molar-refractivity contribution in [1.29, 1.82) is 0 Å². The Bertz CT molecular complexity index is 773. The summed E-state index contributed by atoms with van der Waals surface area (Å²) in [6, 6.07) is 8.49. The molecule has 1 N–H and O–H groups in total. The Labute approximate surface area is 130 Å². The zero-order valence-corrected chi connectivity index (χ0v) is 13.9. The lowest BCUT2D eigenvalue weighted by molar-refractivity contribution is 0.470. The first kappa shape index (κ1) is 13.2. The third-order valence-electron chi connectivity index (χ3n) is 3.62. The lowest BCUT2D eigenvalue weighted by atomic mass is 10.0. The van der Waals surface area contributed by atoms with Crippen LogP contribution in [0.1, 0.15) is 25.0 Å². The fourth-order valence-corrected chi connectivity index (χ4v) is 4.91. The van der Waals surface area contributed by atoms with Gasteiger partial charge in [0.15, 0.2) is 0 Å². The highest BCUT2D eigenvalue weighted by atomic mass is 127. The molecule has 1 heterocycles. The molecule has 2 aromatic carbocycles. The number of benzene rings is 2. The van der Waals surface area contributed by atoms with Crippen LogP contribution in [0.3, 0.4) is 0 Å². The highest BCUT2D eigenvalue weighted by molar-refractivity contribution is 14.1. The monoisotopic (exact) mass is 382 g/mol. The van der Waals surface area contributed by atoms with E-state index in [9.17, 15) is 5.11 Å². The van der Waals surface area contributed by atoms with E-state index >= 15 is 0 Å². The largest absolute Gasteiger partial charge is 0.508 e. The molecule has 3 aromatic rings. The standard InChI is InChI=1S/C16H15IOS/c1-3-9-7-12-11-5-6-13(17)10(4-2)16(11)19-15(12)8-14(9)18/h5-8,18H,3-4H2,1-2H3. The minimum absolute atomic E-state index is 0.425. The molecule has 0 spiro atoms. The SMILES string of the molecule is CCc1cc2c(cc1O)sc1c(CC)c(I)ccc12. The predicted octanol–water partition coefficient (Wildman–Crippen LogP) is 5.49. The Morgan fingerprint density at radius 1 is 1.11 bits per heavy atom. The fourth-order valence-electron chi connectivity index (χ4n) is 2.56. The van der Waals surface area contributed by atoms with Gasteiger partial charge < -0.3 is 5.11 Å². The summed E-state index contributed by atoms with van der Waals surface area (Å²) in [5.74, 6) is 0.425. The Morgan fingerprint density at radius 2 is 1.89 bits per heavy atom. The molecule has 3 rings (SSSR count). The van der Waals surface area contributed by atoms with Crippen LogP contribution in [0.2, 0.25) is 0 Å². The van der Waals surface area contributed by atoms with E-state index in [1.54, 1.807) is 11.3 Å². The highest BCUT2D eigenvalue weighted by Gasteiger charge is 2.12. The minimum atomic E-state index is 0.425. The third-order valence-corrected chi connectivity index (χ3v) is 5.86. The zero-order valence-electron chi connectivity index (χ0n) is 11.0. The fraction of sp³-hybridized carbons (Fsp3) is 0.250. The van der Waals surface area contributed by atoms with Gasteiger partial charge in [-0.15, -0.1) is 11.3 Å².